The minimum atomic E-state index is -3.11. The summed E-state index contributed by atoms with van der Waals surface area (Å²) in [5.41, 5.74) is 1.23. The van der Waals surface area contributed by atoms with E-state index in [1.807, 2.05) is 0 Å². The first-order valence-electron chi connectivity index (χ1n) is 8.88. The van der Waals surface area contributed by atoms with Gasteiger partial charge in [-0.2, -0.15) is 0 Å². The monoisotopic (exact) mass is 445 g/mol. The number of benzene rings is 1. The molecular weight excluding hydrogens is 418 g/mol. The second-order valence-corrected chi connectivity index (χ2v) is 9.21. The van der Waals surface area contributed by atoms with Crippen LogP contribution in [0.1, 0.15) is 19.8 Å². The number of anilines is 1. The molecule has 1 aliphatic heterocycles. The molecule has 1 aromatic carbocycles. The zero-order valence-corrected chi connectivity index (χ0v) is 17.7. The highest BCUT2D eigenvalue weighted by molar-refractivity contribution is 9.10. The first-order valence-corrected chi connectivity index (χ1v) is 11.3. The Hall–Kier alpha value is -1.32. The van der Waals surface area contributed by atoms with Crippen molar-refractivity contribution in [3.63, 3.8) is 0 Å². The lowest BCUT2D eigenvalue weighted by Gasteiger charge is -2.20. The Kier molecular flexibility index (Phi) is 8.17. The second kappa shape index (κ2) is 10.1. The quantitative estimate of drug-likeness (QED) is 0.320. The fourth-order valence-electron chi connectivity index (χ4n) is 2.78. The van der Waals surface area contributed by atoms with Crippen LogP contribution in [0.25, 0.3) is 0 Å². The van der Waals surface area contributed by atoms with Gasteiger partial charge in [-0.15, -0.1) is 0 Å². The van der Waals surface area contributed by atoms with E-state index in [-0.39, 0.29) is 5.75 Å². The molecule has 7 nitrogen and oxygen atoms in total. The van der Waals surface area contributed by atoms with Crippen LogP contribution in [0.2, 0.25) is 0 Å². The number of guanidine groups is 1. The number of sulfonamides is 1. The molecule has 9 heteroatoms. The van der Waals surface area contributed by atoms with Crippen LogP contribution in [-0.2, 0) is 10.0 Å². The molecule has 26 heavy (non-hydrogen) atoms. The Morgan fingerprint density at radius 3 is 2.69 bits per heavy atom. The largest absolute Gasteiger partial charge is 0.369 e. The van der Waals surface area contributed by atoms with Crippen molar-refractivity contribution in [1.82, 2.24) is 15.4 Å². The summed E-state index contributed by atoms with van der Waals surface area (Å²) in [5, 5.41) is 6.69. The van der Waals surface area contributed by atoms with Gasteiger partial charge in [-0.1, -0.05) is 15.9 Å². The van der Waals surface area contributed by atoms with Gasteiger partial charge in [0.2, 0.25) is 10.0 Å². The SMILES string of the molecule is CCS(=O)(=O)NCCCNC(=NC)NC1CCN(c2ccc(Br)cc2)C1. The van der Waals surface area contributed by atoms with Gasteiger partial charge in [-0.3, -0.25) is 4.99 Å². The Labute approximate surface area is 164 Å². The first kappa shape index (κ1) is 21.0. The maximum Gasteiger partial charge on any atom is 0.211 e. The van der Waals surface area contributed by atoms with Gasteiger partial charge in [0, 0.05) is 49.4 Å². The van der Waals surface area contributed by atoms with Crippen molar-refractivity contribution in [1.29, 1.82) is 0 Å². The van der Waals surface area contributed by atoms with E-state index in [0.717, 1.165) is 29.9 Å². The third-order valence-corrected chi connectivity index (χ3v) is 6.23. The van der Waals surface area contributed by atoms with Crippen molar-refractivity contribution in [2.45, 2.75) is 25.8 Å². The topological polar surface area (TPSA) is 85.8 Å². The molecule has 3 N–H and O–H groups in total. The smallest absolute Gasteiger partial charge is 0.211 e. The zero-order chi connectivity index (χ0) is 19.0. The lowest BCUT2D eigenvalue weighted by atomic mass is 10.2. The highest BCUT2D eigenvalue weighted by Gasteiger charge is 2.23. The molecule has 1 heterocycles. The van der Waals surface area contributed by atoms with Crippen molar-refractivity contribution in [2.24, 2.45) is 4.99 Å². The average molecular weight is 446 g/mol. The van der Waals surface area contributed by atoms with Crippen LogP contribution in [0.4, 0.5) is 5.69 Å². The molecule has 0 aromatic heterocycles. The predicted octanol–water partition coefficient (Wildman–Crippen LogP) is 1.52. The van der Waals surface area contributed by atoms with Crippen LogP contribution < -0.4 is 20.3 Å². The molecule has 1 aromatic rings. The number of halogens is 1. The van der Waals surface area contributed by atoms with E-state index < -0.39 is 10.0 Å². The molecule has 2 rings (SSSR count). The van der Waals surface area contributed by atoms with E-state index in [4.69, 9.17) is 0 Å². The maximum atomic E-state index is 11.4. The van der Waals surface area contributed by atoms with E-state index in [0.29, 0.717) is 25.6 Å². The molecule has 146 valence electrons. The van der Waals surface area contributed by atoms with Gasteiger partial charge in [0.05, 0.1) is 5.75 Å². The summed E-state index contributed by atoms with van der Waals surface area (Å²) in [6.07, 6.45) is 1.75. The fraction of sp³-hybridized carbons (Fsp3) is 0.588. The van der Waals surface area contributed by atoms with Gasteiger partial charge in [-0.25, -0.2) is 13.1 Å². The average Bonchev–Trinajstić information content (AvgIpc) is 3.09. The lowest BCUT2D eigenvalue weighted by Crippen LogP contribution is -2.45. The molecule has 1 atom stereocenters. The van der Waals surface area contributed by atoms with Crippen LogP contribution in [0.3, 0.4) is 0 Å². The first-order chi connectivity index (χ1) is 12.4. The minimum absolute atomic E-state index is 0.111. The van der Waals surface area contributed by atoms with E-state index in [1.165, 1.54) is 5.69 Å². The molecule has 1 fully saturated rings. The standard InChI is InChI=1S/C17H28BrN5O2S/c1-3-26(24,25)21-11-4-10-20-17(19-2)22-15-9-12-23(13-15)16-7-5-14(18)6-8-16/h5-8,15,21H,3-4,9-13H2,1-2H3,(H2,19,20,22). The Morgan fingerprint density at radius 2 is 2.04 bits per heavy atom. The highest BCUT2D eigenvalue weighted by atomic mass is 79.9. The minimum Gasteiger partial charge on any atom is -0.369 e. The van der Waals surface area contributed by atoms with Gasteiger partial charge in [0.25, 0.3) is 0 Å². The molecule has 0 amide bonds. The fourth-order valence-corrected chi connectivity index (χ4v) is 3.70. The number of rotatable bonds is 8. The van der Waals surface area contributed by atoms with Gasteiger partial charge >= 0.3 is 0 Å². The second-order valence-electron chi connectivity index (χ2n) is 6.20. The van der Waals surface area contributed by atoms with Gasteiger partial charge in [-0.05, 0) is 44.0 Å². The maximum absolute atomic E-state index is 11.4. The molecule has 0 saturated carbocycles. The van der Waals surface area contributed by atoms with Crippen LogP contribution in [0.15, 0.2) is 33.7 Å². The lowest BCUT2D eigenvalue weighted by molar-refractivity contribution is 0.579. The third-order valence-electron chi connectivity index (χ3n) is 4.29. The number of hydrogen-bond acceptors (Lipinski definition) is 4. The van der Waals surface area contributed by atoms with Crippen molar-refractivity contribution >= 4 is 37.6 Å². The zero-order valence-electron chi connectivity index (χ0n) is 15.3. The summed E-state index contributed by atoms with van der Waals surface area (Å²) in [7, 11) is -1.37. The summed E-state index contributed by atoms with van der Waals surface area (Å²) in [6.45, 7) is 4.66. The number of aliphatic imine (C=N–C) groups is 1. The van der Waals surface area contributed by atoms with E-state index in [1.54, 1.807) is 14.0 Å². The molecule has 0 spiro atoms. The van der Waals surface area contributed by atoms with Crippen molar-refractivity contribution in [2.75, 3.05) is 43.9 Å². The van der Waals surface area contributed by atoms with Gasteiger partial charge in [0.15, 0.2) is 5.96 Å². The molecule has 0 bridgehead atoms. The van der Waals surface area contributed by atoms with E-state index in [9.17, 15) is 8.42 Å². The number of hydrogen-bond donors (Lipinski definition) is 3. The van der Waals surface area contributed by atoms with Gasteiger partial charge < -0.3 is 15.5 Å². The number of nitrogens with zero attached hydrogens (tertiary/aromatic N) is 2. The highest BCUT2D eigenvalue weighted by Crippen LogP contribution is 2.22. The predicted molar refractivity (Wildman–Crippen MR) is 111 cm³/mol. The summed E-state index contributed by atoms with van der Waals surface area (Å²) in [6, 6.07) is 8.70. The molecule has 0 aliphatic carbocycles. The van der Waals surface area contributed by atoms with Crippen molar-refractivity contribution in [3.05, 3.63) is 28.7 Å². The summed E-state index contributed by atoms with van der Waals surface area (Å²) in [5.74, 6) is 0.867. The number of nitrogens with one attached hydrogen (secondary N) is 3. The van der Waals surface area contributed by atoms with Crippen LogP contribution in [-0.4, -0.2) is 59.4 Å². The molecular formula is C17H28BrN5O2S. The van der Waals surface area contributed by atoms with Crippen molar-refractivity contribution < 1.29 is 8.42 Å². The van der Waals surface area contributed by atoms with E-state index in [2.05, 4.69) is 65.4 Å². The van der Waals surface area contributed by atoms with E-state index >= 15 is 0 Å². The summed E-state index contributed by atoms with van der Waals surface area (Å²) >= 11 is 3.47. The van der Waals surface area contributed by atoms with Crippen LogP contribution in [0.5, 0.6) is 0 Å². The van der Waals surface area contributed by atoms with Crippen LogP contribution in [0, 0.1) is 0 Å². The summed E-state index contributed by atoms with van der Waals surface area (Å²) < 4.78 is 26.4. The molecule has 1 aliphatic rings. The summed E-state index contributed by atoms with van der Waals surface area (Å²) in [4.78, 5) is 6.61. The Balaban J connectivity index is 1.71. The Bertz CT molecular complexity index is 694. The molecule has 1 unspecified atom stereocenters. The normalized spacial score (nSPS) is 18.2. The third kappa shape index (κ3) is 6.77. The van der Waals surface area contributed by atoms with Crippen LogP contribution >= 0.6 is 15.9 Å². The van der Waals surface area contributed by atoms with Crippen molar-refractivity contribution in [3.8, 4) is 0 Å². The Morgan fingerprint density at radius 1 is 1.31 bits per heavy atom. The van der Waals surface area contributed by atoms with Gasteiger partial charge in [0.1, 0.15) is 0 Å². The molecule has 0 radical (unpaired) electrons. The molecule has 1 saturated heterocycles.